The van der Waals surface area contributed by atoms with Gasteiger partial charge in [0.25, 0.3) is 0 Å². The van der Waals surface area contributed by atoms with E-state index in [1.165, 1.54) is 38.5 Å². The Morgan fingerprint density at radius 3 is 1.29 bits per heavy atom. The molecule has 0 N–H and O–H groups in total. The summed E-state index contributed by atoms with van der Waals surface area (Å²) in [6, 6.07) is 69.9. The Hall–Kier alpha value is -6.67. The molecule has 8 heteroatoms. The molecule has 0 amide bonds. The molecule has 0 radical (unpaired) electrons. The van der Waals surface area contributed by atoms with Crippen molar-refractivity contribution in [1.29, 1.82) is 0 Å². The molecule has 1 aromatic heterocycles. The van der Waals surface area contributed by atoms with Crippen molar-refractivity contribution in [1.82, 2.24) is 4.57 Å². The van der Waals surface area contributed by atoms with Gasteiger partial charge in [0.1, 0.15) is 0 Å². The van der Waals surface area contributed by atoms with Crippen LogP contribution in [0.1, 0.15) is 55.4 Å². The Bertz CT molecular complexity index is 3190. The molecule has 336 valence electrons. The summed E-state index contributed by atoms with van der Waals surface area (Å²) in [6.45, 7) is 16.7. The van der Waals surface area contributed by atoms with E-state index < -0.39 is 36.6 Å². The normalized spacial score (nSPS) is 17.0. The Labute approximate surface area is 401 Å². The summed E-state index contributed by atoms with van der Waals surface area (Å²) < 4.78 is 28.1. The number of para-hydroxylation sites is 1. The Morgan fingerprint density at radius 1 is 0.338 bits per heavy atom. The standard InChI is InChI=1S/C60H56B2N2O4/c1-57(2)58(3,4)66-61(65-57)47-27-33-50(34-28-47)63(51-35-29-48(30-36-51)62-67-59(5,6)60(7,8)68-62)49-31-24-42(25-32-49)46-26-37-54-53-22-12-13-23-55(53)64(56(54)40-46)52-21-15-20-45(39-52)44-19-14-18-43(38-44)41-16-10-9-11-17-41/h9-40H,1-8H3. The first-order chi connectivity index (χ1) is 32.6. The molecule has 9 aromatic rings. The Balaban J connectivity index is 0.946. The first-order valence-electron chi connectivity index (χ1n) is 23.8. The highest BCUT2D eigenvalue weighted by atomic mass is 16.7. The van der Waals surface area contributed by atoms with Crippen LogP contribution in [0.2, 0.25) is 0 Å². The van der Waals surface area contributed by atoms with Crippen LogP contribution in [0.3, 0.4) is 0 Å². The van der Waals surface area contributed by atoms with Crippen molar-refractivity contribution in [3.63, 3.8) is 0 Å². The average Bonchev–Trinajstić information content (AvgIpc) is 3.89. The molecule has 0 bridgehead atoms. The maximum Gasteiger partial charge on any atom is 0.494 e. The van der Waals surface area contributed by atoms with Crippen molar-refractivity contribution < 1.29 is 18.6 Å². The lowest BCUT2D eigenvalue weighted by Gasteiger charge is -2.32. The zero-order valence-electron chi connectivity index (χ0n) is 40.2. The molecule has 0 saturated carbocycles. The fourth-order valence-corrected chi connectivity index (χ4v) is 9.53. The third-order valence-electron chi connectivity index (χ3n) is 14.9. The fourth-order valence-electron chi connectivity index (χ4n) is 9.53. The zero-order valence-corrected chi connectivity index (χ0v) is 40.2. The minimum absolute atomic E-state index is 0.425. The molecular formula is C60H56B2N2O4. The molecule has 68 heavy (non-hydrogen) atoms. The second kappa shape index (κ2) is 16.5. The van der Waals surface area contributed by atoms with Crippen molar-refractivity contribution in [2.75, 3.05) is 4.90 Å². The first-order valence-corrected chi connectivity index (χ1v) is 23.8. The maximum atomic E-state index is 6.42. The summed E-state index contributed by atoms with van der Waals surface area (Å²) in [5.41, 5.74) is 13.8. The van der Waals surface area contributed by atoms with E-state index in [0.29, 0.717) is 0 Å². The summed E-state index contributed by atoms with van der Waals surface area (Å²) in [4.78, 5) is 2.29. The third kappa shape index (κ3) is 7.76. The number of aromatic nitrogens is 1. The van der Waals surface area contributed by atoms with Crippen molar-refractivity contribution in [2.45, 2.75) is 77.8 Å². The molecule has 0 spiro atoms. The van der Waals surface area contributed by atoms with Crippen LogP contribution in [0.25, 0.3) is 60.9 Å². The van der Waals surface area contributed by atoms with Gasteiger partial charge in [0.15, 0.2) is 0 Å². The van der Waals surface area contributed by atoms with E-state index in [-0.39, 0.29) is 0 Å². The van der Waals surface area contributed by atoms with Crippen LogP contribution in [0.15, 0.2) is 194 Å². The van der Waals surface area contributed by atoms with Gasteiger partial charge >= 0.3 is 14.2 Å². The van der Waals surface area contributed by atoms with Gasteiger partial charge in [-0.05, 0) is 166 Å². The quantitative estimate of drug-likeness (QED) is 0.135. The molecule has 8 aromatic carbocycles. The lowest BCUT2D eigenvalue weighted by molar-refractivity contribution is 0.00578. The highest BCUT2D eigenvalue weighted by Gasteiger charge is 2.52. The van der Waals surface area contributed by atoms with Gasteiger partial charge in [-0.1, -0.05) is 127 Å². The van der Waals surface area contributed by atoms with Gasteiger partial charge < -0.3 is 28.1 Å². The molecular weight excluding hydrogens is 834 g/mol. The second-order valence-electron chi connectivity index (χ2n) is 20.3. The minimum atomic E-state index is -0.446. The predicted octanol–water partition coefficient (Wildman–Crippen LogP) is 13.9. The van der Waals surface area contributed by atoms with Crippen LogP contribution < -0.4 is 15.8 Å². The smallest absolute Gasteiger partial charge is 0.399 e. The molecule has 2 fully saturated rings. The van der Waals surface area contributed by atoms with Gasteiger partial charge in [0, 0.05) is 33.5 Å². The van der Waals surface area contributed by atoms with E-state index in [0.717, 1.165) is 50.3 Å². The van der Waals surface area contributed by atoms with Gasteiger partial charge in [0.05, 0.1) is 33.4 Å². The molecule has 11 rings (SSSR count). The molecule has 6 nitrogen and oxygen atoms in total. The number of hydrogen-bond acceptors (Lipinski definition) is 5. The summed E-state index contributed by atoms with van der Waals surface area (Å²) in [7, 11) is -0.893. The Morgan fingerprint density at radius 2 is 0.735 bits per heavy atom. The second-order valence-corrected chi connectivity index (χ2v) is 20.3. The zero-order chi connectivity index (χ0) is 47.0. The van der Waals surface area contributed by atoms with Crippen LogP contribution in [-0.4, -0.2) is 41.2 Å². The fraction of sp³-hybridized carbons (Fsp3) is 0.200. The maximum absolute atomic E-state index is 6.42. The number of rotatable bonds is 9. The van der Waals surface area contributed by atoms with Crippen LogP contribution in [-0.2, 0) is 18.6 Å². The SMILES string of the molecule is CC1(C)OB(c2ccc(N(c3ccc(B4OC(C)(C)C(C)(C)O4)cc3)c3ccc(-c4ccc5c6ccccc6n(-c6cccc(-c7cccc(-c8ccccc8)c7)c6)c5c4)cc3)cc2)OC1(C)C. The van der Waals surface area contributed by atoms with E-state index in [4.69, 9.17) is 18.6 Å². The molecule has 2 aliphatic heterocycles. The minimum Gasteiger partial charge on any atom is -0.399 e. The van der Waals surface area contributed by atoms with Crippen LogP contribution in [0.4, 0.5) is 17.1 Å². The van der Waals surface area contributed by atoms with E-state index in [9.17, 15) is 0 Å². The lowest BCUT2D eigenvalue weighted by atomic mass is 9.79. The monoisotopic (exact) mass is 890 g/mol. The van der Waals surface area contributed by atoms with E-state index in [1.807, 2.05) is 0 Å². The highest BCUT2D eigenvalue weighted by molar-refractivity contribution is 6.62. The van der Waals surface area contributed by atoms with Crippen LogP contribution >= 0.6 is 0 Å². The summed E-state index contributed by atoms with van der Waals surface area (Å²) in [5.74, 6) is 0. The van der Waals surface area contributed by atoms with Gasteiger partial charge in [-0.25, -0.2) is 0 Å². The number of fused-ring (bicyclic) bond motifs is 3. The van der Waals surface area contributed by atoms with Gasteiger partial charge in [-0.3, -0.25) is 0 Å². The van der Waals surface area contributed by atoms with E-state index in [1.54, 1.807) is 0 Å². The van der Waals surface area contributed by atoms with E-state index in [2.05, 4.69) is 259 Å². The summed E-state index contributed by atoms with van der Waals surface area (Å²) in [5, 5.41) is 2.45. The summed E-state index contributed by atoms with van der Waals surface area (Å²) >= 11 is 0. The average molecular weight is 891 g/mol. The number of anilines is 3. The van der Waals surface area contributed by atoms with Crippen molar-refractivity contribution in [2.24, 2.45) is 0 Å². The molecule has 0 unspecified atom stereocenters. The van der Waals surface area contributed by atoms with Crippen LogP contribution in [0.5, 0.6) is 0 Å². The topological polar surface area (TPSA) is 45.1 Å². The molecule has 2 aliphatic rings. The molecule has 2 saturated heterocycles. The van der Waals surface area contributed by atoms with E-state index >= 15 is 0 Å². The lowest BCUT2D eigenvalue weighted by Crippen LogP contribution is -2.41. The Kier molecular flexibility index (Phi) is 10.7. The highest BCUT2D eigenvalue weighted by Crippen LogP contribution is 2.41. The van der Waals surface area contributed by atoms with Crippen molar-refractivity contribution >= 4 is 64.0 Å². The predicted molar refractivity (Wildman–Crippen MR) is 283 cm³/mol. The van der Waals surface area contributed by atoms with Gasteiger partial charge in [-0.15, -0.1) is 0 Å². The largest absolute Gasteiger partial charge is 0.494 e. The van der Waals surface area contributed by atoms with Crippen molar-refractivity contribution in [3.05, 3.63) is 194 Å². The van der Waals surface area contributed by atoms with Crippen molar-refractivity contribution in [3.8, 4) is 39.1 Å². The number of nitrogens with zero attached hydrogens (tertiary/aromatic N) is 2. The number of benzene rings is 8. The summed E-state index contributed by atoms with van der Waals surface area (Å²) in [6.07, 6.45) is 0. The molecule has 0 aliphatic carbocycles. The number of hydrogen-bond donors (Lipinski definition) is 0. The molecule has 3 heterocycles. The van der Waals surface area contributed by atoms with Gasteiger partial charge in [0.2, 0.25) is 0 Å². The first kappa shape index (κ1) is 43.9. The van der Waals surface area contributed by atoms with Gasteiger partial charge in [-0.2, -0.15) is 0 Å². The third-order valence-corrected chi connectivity index (χ3v) is 14.9. The van der Waals surface area contributed by atoms with Crippen LogP contribution in [0, 0.1) is 0 Å². The molecule has 0 atom stereocenters.